The first-order valence-corrected chi connectivity index (χ1v) is 14.2. The number of hydrogen-bond acceptors (Lipinski definition) is 0. The van der Waals surface area contributed by atoms with Crippen molar-refractivity contribution in [2.75, 3.05) is 0 Å². The highest BCUT2D eigenvalue weighted by atomic mass is 14.4. The van der Waals surface area contributed by atoms with Gasteiger partial charge in [-0.1, -0.05) is 137 Å². The van der Waals surface area contributed by atoms with Crippen molar-refractivity contribution in [2.45, 2.75) is 58.3 Å². The first-order valence-electron chi connectivity index (χ1n) is 14.2. The molecule has 0 radical (unpaired) electrons. The van der Waals surface area contributed by atoms with Crippen molar-refractivity contribution < 1.29 is 0 Å². The topological polar surface area (TPSA) is 0 Å². The molecule has 36 heavy (non-hydrogen) atoms. The van der Waals surface area contributed by atoms with Gasteiger partial charge in [0.1, 0.15) is 0 Å². The largest absolute Gasteiger partial charge is 0.0729 e. The summed E-state index contributed by atoms with van der Waals surface area (Å²) >= 11 is 0. The van der Waals surface area contributed by atoms with Gasteiger partial charge in [0.2, 0.25) is 0 Å². The van der Waals surface area contributed by atoms with Gasteiger partial charge < -0.3 is 0 Å². The summed E-state index contributed by atoms with van der Waals surface area (Å²) in [6, 6.07) is 27.7. The molecule has 182 valence electrons. The summed E-state index contributed by atoms with van der Waals surface area (Å²) in [6.45, 7) is 4.71. The van der Waals surface area contributed by atoms with E-state index in [4.69, 9.17) is 0 Å². The lowest BCUT2D eigenvalue weighted by Crippen LogP contribution is -2.30. The Morgan fingerprint density at radius 2 is 1.28 bits per heavy atom. The summed E-state index contributed by atoms with van der Waals surface area (Å²) in [6.07, 6.45) is 17.0. The Morgan fingerprint density at radius 3 is 1.97 bits per heavy atom. The van der Waals surface area contributed by atoms with Crippen molar-refractivity contribution in [1.82, 2.24) is 0 Å². The number of benzene rings is 3. The van der Waals surface area contributed by atoms with E-state index in [1.54, 1.807) is 16.7 Å². The van der Waals surface area contributed by atoms with Gasteiger partial charge in [-0.2, -0.15) is 0 Å². The average molecular weight is 471 g/mol. The Bertz CT molecular complexity index is 1390. The molecule has 6 rings (SSSR count). The second kappa shape index (κ2) is 10.1. The zero-order valence-electron chi connectivity index (χ0n) is 21.8. The molecule has 0 bridgehead atoms. The molecular formula is C36H38. The maximum atomic E-state index is 2.47. The molecule has 3 aromatic rings. The molecule has 0 heteroatoms. The van der Waals surface area contributed by atoms with Crippen molar-refractivity contribution in [1.29, 1.82) is 0 Å². The predicted octanol–water partition coefficient (Wildman–Crippen LogP) is 8.17. The molecule has 0 aromatic heterocycles. The highest BCUT2D eigenvalue weighted by molar-refractivity contribution is 5.82. The molecule has 0 fully saturated rings. The third-order valence-corrected chi connectivity index (χ3v) is 8.90. The van der Waals surface area contributed by atoms with Gasteiger partial charge in [-0.25, -0.2) is 0 Å². The minimum Gasteiger partial charge on any atom is -0.0729 e. The maximum absolute atomic E-state index is 2.47. The van der Waals surface area contributed by atoms with Gasteiger partial charge in [0.25, 0.3) is 0 Å². The molecule has 3 atom stereocenters. The standard InChI is InChI=1S/C36H38/c1-3-5-15-33(35-29-21-11-7-17-25(29)26-18-8-12-22-30(26)35)34(16-6-4-2)36-31-23-13-9-19-27(31)28-20-10-14-24-32(28)36/h7-14,17-24,29,33-34,36H,3-6,15-16H2,1-2H3. The van der Waals surface area contributed by atoms with Crippen LogP contribution in [0.25, 0.3) is 22.3 Å². The van der Waals surface area contributed by atoms with E-state index in [2.05, 4.69) is 111 Å². The summed E-state index contributed by atoms with van der Waals surface area (Å²) in [7, 11) is 0. The molecule has 3 aliphatic carbocycles. The molecule has 0 aliphatic heterocycles. The van der Waals surface area contributed by atoms with Gasteiger partial charge in [-0.05, 0) is 68.5 Å². The van der Waals surface area contributed by atoms with E-state index < -0.39 is 0 Å². The highest BCUT2D eigenvalue weighted by Crippen LogP contribution is 2.54. The van der Waals surface area contributed by atoms with Crippen LogP contribution in [-0.4, -0.2) is 0 Å². The normalized spacial score (nSPS) is 19.1. The van der Waals surface area contributed by atoms with Crippen molar-refractivity contribution in [2.24, 2.45) is 17.8 Å². The molecule has 0 nitrogen and oxygen atoms in total. The van der Waals surface area contributed by atoms with Crippen molar-refractivity contribution in [3.8, 4) is 11.1 Å². The van der Waals surface area contributed by atoms with Crippen LogP contribution in [0.5, 0.6) is 0 Å². The first kappa shape index (κ1) is 23.3. The van der Waals surface area contributed by atoms with Gasteiger partial charge >= 0.3 is 0 Å². The smallest absolute Gasteiger partial charge is 0.0249 e. The monoisotopic (exact) mass is 470 g/mol. The minimum atomic E-state index is 0.422. The summed E-state index contributed by atoms with van der Waals surface area (Å²) in [5.74, 6) is 2.06. The van der Waals surface area contributed by atoms with Crippen LogP contribution in [0.3, 0.4) is 0 Å². The summed E-state index contributed by atoms with van der Waals surface area (Å²) in [4.78, 5) is 0. The van der Waals surface area contributed by atoms with Crippen LogP contribution in [-0.2, 0) is 0 Å². The van der Waals surface area contributed by atoms with Gasteiger partial charge in [-0.3, -0.25) is 0 Å². The lowest BCUT2D eigenvalue weighted by Gasteiger charge is -2.37. The number of hydrogen-bond donors (Lipinski definition) is 0. The van der Waals surface area contributed by atoms with Crippen molar-refractivity contribution >= 4 is 11.1 Å². The third kappa shape index (κ3) is 3.83. The molecule has 0 spiro atoms. The average Bonchev–Trinajstić information content (AvgIpc) is 3.44. The van der Waals surface area contributed by atoms with Gasteiger partial charge in [0.05, 0.1) is 0 Å². The third-order valence-electron chi connectivity index (χ3n) is 8.90. The zero-order valence-corrected chi connectivity index (χ0v) is 21.8. The van der Waals surface area contributed by atoms with E-state index in [1.807, 2.05) is 0 Å². The summed E-state index contributed by atoms with van der Waals surface area (Å²) in [5.41, 5.74) is 9.22. The lowest BCUT2D eigenvalue weighted by atomic mass is 9.67. The van der Waals surface area contributed by atoms with E-state index in [-0.39, 0.29) is 0 Å². The van der Waals surface area contributed by atoms with Crippen LogP contribution in [0.2, 0.25) is 0 Å². The van der Waals surface area contributed by atoms with Crippen LogP contribution in [0.15, 0.2) is 97.1 Å². The Kier molecular flexibility index (Phi) is 6.53. The SMILES string of the molecule is CCCCC(C1=c2ccccc2=C2C=CC=CC21)C(CCCC)C1c2ccccc2-c2ccccc21. The van der Waals surface area contributed by atoms with Crippen LogP contribution in [0, 0.1) is 17.8 Å². The molecular weight excluding hydrogens is 432 g/mol. The highest BCUT2D eigenvalue weighted by Gasteiger charge is 2.41. The summed E-state index contributed by atoms with van der Waals surface area (Å²) in [5, 5.41) is 2.97. The van der Waals surface area contributed by atoms with Crippen molar-refractivity contribution in [3.63, 3.8) is 0 Å². The quantitative estimate of drug-likeness (QED) is 0.296. The Morgan fingerprint density at radius 1 is 0.667 bits per heavy atom. The molecule has 0 N–H and O–H groups in total. The minimum absolute atomic E-state index is 0.422. The Balaban J connectivity index is 1.56. The predicted molar refractivity (Wildman–Crippen MR) is 154 cm³/mol. The Labute approximate surface area is 216 Å². The molecule has 3 unspecified atom stereocenters. The van der Waals surface area contributed by atoms with E-state index in [0.717, 1.165) is 0 Å². The van der Waals surface area contributed by atoms with Crippen LogP contribution in [0.4, 0.5) is 0 Å². The molecule has 3 aromatic carbocycles. The first-order chi connectivity index (χ1) is 17.8. The second-order valence-corrected chi connectivity index (χ2v) is 10.9. The van der Waals surface area contributed by atoms with E-state index in [1.165, 1.54) is 65.7 Å². The fourth-order valence-corrected chi connectivity index (χ4v) is 7.37. The van der Waals surface area contributed by atoms with Gasteiger partial charge in [0, 0.05) is 11.8 Å². The van der Waals surface area contributed by atoms with Crippen LogP contribution in [0.1, 0.15) is 69.4 Å². The van der Waals surface area contributed by atoms with E-state index in [9.17, 15) is 0 Å². The summed E-state index contributed by atoms with van der Waals surface area (Å²) < 4.78 is 0. The fourth-order valence-electron chi connectivity index (χ4n) is 7.37. The lowest BCUT2D eigenvalue weighted by molar-refractivity contribution is 0.309. The van der Waals surface area contributed by atoms with E-state index >= 15 is 0 Å². The van der Waals surface area contributed by atoms with Gasteiger partial charge in [0.15, 0.2) is 0 Å². The number of rotatable bonds is 9. The number of allylic oxidation sites excluding steroid dienone is 4. The zero-order chi connectivity index (χ0) is 24.5. The van der Waals surface area contributed by atoms with Crippen molar-refractivity contribution in [3.05, 3.63) is 119 Å². The second-order valence-electron chi connectivity index (χ2n) is 10.9. The Hall–Kier alpha value is -3.12. The molecule has 0 amide bonds. The van der Waals surface area contributed by atoms with Crippen LogP contribution >= 0.6 is 0 Å². The maximum Gasteiger partial charge on any atom is 0.0249 e. The number of unbranched alkanes of at least 4 members (excludes halogenated alkanes) is 2. The van der Waals surface area contributed by atoms with E-state index in [0.29, 0.717) is 23.7 Å². The molecule has 3 aliphatic rings. The number of fused-ring (bicyclic) bond motifs is 5. The molecule has 0 heterocycles. The fraction of sp³-hybridized carbons (Fsp3) is 0.333. The molecule has 0 saturated heterocycles. The molecule has 0 saturated carbocycles. The van der Waals surface area contributed by atoms with Crippen LogP contribution < -0.4 is 10.4 Å². The van der Waals surface area contributed by atoms with Gasteiger partial charge in [-0.15, -0.1) is 0 Å².